The van der Waals surface area contributed by atoms with Gasteiger partial charge in [0.05, 0.1) is 12.1 Å². The number of nitrogens with zero attached hydrogens (tertiary/aromatic N) is 1. The summed E-state index contributed by atoms with van der Waals surface area (Å²) < 4.78 is 25.7. The third-order valence-corrected chi connectivity index (χ3v) is 6.40. The first kappa shape index (κ1) is 21.0. The highest BCUT2D eigenvalue weighted by molar-refractivity contribution is 5.97. The van der Waals surface area contributed by atoms with Crippen LogP contribution in [0.5, 0.6) is 11.5 Å². The van der Waals surface area contributed by atoms with Gasteiger partial charge in [-0.15, -0.1) is 0 Å². The molecule has 0 unspecified atom stereocenters. The molecule has 2 aromatic carbocycles. The lowest BCUT2D eigenvalue weighted by atomic mass is 9.92. The maximum absolute atomic E-state index is 13.6. The molecular formula is C24H28FN3O4. The van der Waals surface area contributed by atoms with Gasteiger partial charge >= 0.3 is 0 Å². The minimum Gasteiger partial charge on any atom is -0.491 e. The van der Waals surface area contributed by atoms with E-state index in [0.29, 0.717) is 25.4 Å². The minimum absolute atomic E-state index is 0.196. The molecule has 3 aliphatic heterocycles. The Morgan fingerprint density at radius 2 is 2.16 bits per heavy atom. The Balaban J connectivity index is 1.20. The van der Waals surface area contributed by atoms with Crippen LogP contribution in [0, 0.1) is 5.82 Å². The van der Waals surface area contributed by atoms with Crippen LogP contribution >= 0.6 is 0 Å². The van der Waals surface area contributed by atoms with E-state index in [1.165, 1.54) is 23.8 Å². The number of likely N-dealkylation sites (tertiary alicyclic amines) is 1. The lowest BCUT2D eigenvalue weighted by molar-refractivity contribution is -0.0234. The average Bonchev–Trinajstić information content (AvgIpc) is 3.21. The molecule has 0 bridgehead atoms. The number of amides is 1. The number of hydrogen-bond donors (Lipinski definition) is 3. The number of hydrogen-bond acceptors (Lipinski definition) is 6. The van der Waals surface area contributed by atoms with E-state index in [1.807, 2.05) is 12.1 Å². The highest BCUT2D eigenvalue weighted by atomic mass is 19.1. The zero-order chi connectivity index (χ0) is 22.1. The van der Waals surface area contributed by atoms with Gasteiger partial charge in [0.15, 0.2) is 0 Å². The fourth-order valence-corrected chi connectivity index (χ4v) is 4.85. The summed E-state index contributed by atoms with van der Waals surface area (Å²) in [6.45, 7) is 3.31. The summed E-state index contributed by atoms with van der Waals surface area (Å²) in [6, 6.07) is 10.0. The summed E-state index contributed by atoms with van der Waals surface area (Å²) in [7, 11) is 0. The van der Waals surface area contributed by atoms with E-state index in [0.717, 1.165) is 43.8 Å². The number of aliphatic hydroxyl groups excluding tert-OH is 1. The van der Waals surface area contributed by atoms with E-state index in [9.17, 15) is 14.3 Å². The number of aliphatic hydroxyl groups is 1. The van der Waals surface area contributed by atoms with Crippen molar-refractivity contribution < 1.29 is 23.8 Å². The van der Waals surface area contributed by atoms with E-state index in [4.69, 9.17) is 9.47 Å². The summed E-state index contributed by atoms with van der Waals surface area (Å²) in [4.78, 5) is 14.5. The number of ether oxygens (including phenoxy) is 2. The zero-order valence-electron chi connectivity index (χ0n) is 17.9. The Morgan fingerprint density at radius 1 is 1.25 bits per heavy atom. The molecule has 1 amide bonds. The lowest BCUT2D eigenvalue weighted by Gasteiger charge is -2.42. The number of halogens is 1. The summed E-state index contributed by atoms with van der Waals surface area (Å²) in [5, 5.41) is 16.8. The van der Waals surface area contributed by atoms with Crippen molar-refractivity contribution in [1.29, 1.82) is 0 Å². The molecule has 2 atom stereocenters. The van der Waals surface area contributed by atoms with Crippen molar-refractivity contribution in [2.75, 3.05) is 44.6 Å². The molecule has 8 heteroatoms. The molecule has 0 saturated carbocycles. The van der Waals surface area contributed by atoms with Crippen molar-refractivity contribution in [2.45, 2.75) is 31.0 Å². The van der Waals surface area contributed by atoms with Crippen LogP contribution in [0.2, 0.25) is 0 Å². The predicted molar refractivity (Wildman–Crippen MR) is 118 cm³/mol. The monoisotopic (exact) mass is 441 g/mol. The lowest BCUT2D eigenvalue weighted by Crippen LogP contribution is -2.57. The first-order valence-electron chi connectivity index (χ1n) is 11.2. The molecule has 3 aliphatic rings. The summed E-state index contributed by atoms with van der Waals surface area (Å²) >= 11 is 0. The molecule has 1 spiro atoms. The van der Waals surface area contributed by atoms with Gasteiger partial charge in [-0.05, 0) is 55.6 Å². The SMILES string of the molecule is O=C1NC[C@]2(CCCN(C[C@H](O)COc3ccc4c(c3)NCC4)C2)Oc2ccc(F)cc21. The van der Waals surface area contributed by atoms with E-state index >= 15 is 0 Å². The van der Waals surface area contributed by atoms with Crippen molar-refractivity contribution >= 4 is 11.6 Å². The van der Waals surface area contributed by atoms with Crippen LogP contribution in [0.1, 0.15) is 28.8 Å². The van der Waals surface area contributed by atoms with Gasteiger partial charge in [0, 0.05) is 31.4 Å². The number of anilines is 1. The standard InChI is InChI=1S/C24H28FN3O4/c25-17-3-5-22-20(10-17)23(30)27-14-24(32-22)7-1-9-28(15-24)12-18(29)13-31-19-4-2-16-6-8-26-21(16)11-19/h2-5,10-11,18,26,29H,1,6-9,12-15H2,(H,27,30)/t18-,24-/m0/s1. The van der Waals surface area contributed by atoms with Gasteiger partial charge in [0.25, 0.3) is 5.91 Å². The molecule has 5 rings (SSSR count). The maximum atomic E-state index is 13.6. The van der Waals surface area contributed by atoms with Gasteiger partial charge in [-0.1, -0.05) is 6.07 Å². The number of nitrogens with one attached hydrogen (secondary N) is 2. The van der Waals surface area contributed by atoms with E-state index < -0.39 is 17.5 Å². The zero-order valence-corrected chi connectivity index (χ0v) is 17.9. The first-order chi connectivity index (χ1) is 15.5. The predicted octanol–water partition coefficient (Wildman–Crippen LogP) is 2.19. The molecule has 0 radical (unpaired) electrons. The van der Waals surface area contributed by atoms with Crippen molar-refractivity contribution in [2.24, 2.45) is 0 Å². The highest BCUT2D eigenvalue weighted by Gasteiger charge is 2.41. The van der Waals surface area contributed by atoms with Crippen LogP contribution in [0.4, 0.5) is 10.1 Å². The van der Waals surface area contributed by atoms with Crippen LogP contribution in [0.15, 0.2) is 36.4 Å². The average molecular weight is 442 g/mol. The van der Waals surface area contributed by atoms with Crippen LogP contribution in [0.25, 0.3) is 0 Å². The van der Waals surface area contributed by atoms with Crippen LogP contribution < -0.4 is 20.1 Å². The minimum atomic E-state index is -0.659. The molecule has 2 aromatic rings. The molecule has 3 heterocycles. The van der Waals surface area contributed by atoms with Gasteiger partial charge in [-0.25, -0.2) is 4.39 Å². The Kier molecular flexibility index (Phi) is 5.65. The van der Waals surface area contributed by atoms with Crippen molar-refractivity contribution in [1.82, 2.24) is 10.2 Å². The molecule has 3 N–H and O–H groups in total. The number of carbonyl (C=O) groups is 1. The van der Waals surface area contributed by atoms with E-state index in [2.05, 4.69) is 21.6 Å². The summed E-state index contributed by atoms with van der Waals surface area (Å²) in [6.07, 6.45) is 2.01. The van der Waals surface area contributed by atoms with Crippen LogP contribution in [0.3, 0.4) is 0 Å². The molecule has 0 aliphatic carbocycles. The van der Waals surface area contributed by atoms with Gasteiger partial charge in [-0.2, -0.15) is 0 Å². The molecule has 7 nitrogen and oxygen atoms in total. The fourth-order valence-electron chi connectivity index (χ4n) is 4.85. The van der Waals surface area contributed by atoms with Crippen molar-refractivity contribution in [3.63, 3.8) is 0 Å². The Bertz CT molecular complexity index is 1020. The quantitative estimate of drug-likeness (QED) is 0.660. The Morgan fingerprint density at radius 3 is 3.06 bits per heavy atom. The second-order valence-corrected chi connectivity index (χ2v) is 8.91. The second kappa shape index (κ2) is 8.60. The number of benzene rings is 2. The normalized spacial score (nSPS) is 23.4. The number of rotatable bonds is 5. The number of carbonyl (C=O) groups excluding carboxylic acids is 1. The highest BCUT2D eigenvalue weighted by Crippen LogP contribution is 2.32. The number of β-amino-alcohol motifs (C(OH)–C–C–N with tert-alkyl or cyclic N) is 1. The molecule has 1 fully saturated rings. The first-order valence-corrected chi connectivity index (χ1v) is 11.2. The van der Waals surface area contributed by atoms with Crippen molar-refractivity contribution in [3.05, 3.63) is 53.3 Å². The summed E-state index contributed by atoms with van der Waals surface area (Å²) in [5.41, 5.74) is 2.00. The van der Waals surface area contributed by atoms with Crippen LogP contribution in [-0.2, 0) is 6.42 Å². The van der Waals surface area contributed by atoms with Gasteiger partial charge in [0.2, 0.25) is 0 Å². The van der Waals surface area contributed by atoms with Gasteiger partial charge in [-0.3, -0.25) is 9.69 Å². The number of piperidine rings is 1. The third kappa shape index (κ3) is 4.38. The largest absolute Gasteiger partial charge is 0.491 e. The Labute approximate surface area is 186 Å². The molecule has 170 valence electrons. The third-order valence-electron chi connectivity index (χ3n) is 6.40. The molecule has 0 aromatic heterocycles. The molecular weight excluding hydrogens is 413 g/mol. The molecule has 32 heavy (non-hydrogen) atoms. The topological polar surface area (TPSA) is 83.1 Å². The van der Waals surface area contributed by atoms with Crippen LogP contribution in [-0.4, -0.2) is 66.9 Å². The second-order valence-electron chi connectivity index (χ2n) is 8.91. The maximum Gasteiger partial charge on any atom is 0.255 e. The molecule has 1 saturated heterocycles. The van der Waals surface area contributed by atoms with Crippen molar-refractivity contribution in [3.8, 4) is 11.5 Å². The summed E-state index contributed by atoms with van der Waals surface area (Å²) in [5.74, 6) is 0.347. The smallest absolute Gasteiger partial charge is 0.255 e. The van der Waals surface area contributed by atoms with Gasteiger partial charge in [0.1, 0.15) is 35.6 Å². The fraction of sp³-hybridized carbons (Fsp3) is 0.458. The number of fused-ring (bicyclic) bond motifs is 2. The van der Waals surface area contributed by atoms with E-state index in [-0.39, 0.29) is 18.1 Å². The Hall–Kier alpha value is -2.84. The van der Waals surface area contributed by atoms with Gasteiger partial charge < -0.3 is 25.2 Å². The van der Waals surface area contributed by atoms with E-state index in [1.54, 1.807) is 0 Å².